The smallest absolute Gasteiger partial charge is 0.304 e. The van der Waals surface area contributed by atoms with Crippen molar-refractivity contribution in [1.29, 1.82) is 0 Å². The second-order valence-corrected chi connectivity index (χ2v) is 7.76. The van der Waals surface area contributed by atoms with Crippen LogP contribution in [0.15, 0.2) is 77.6 Å². The molecule has 0 atom stereocenters. The predicted octanol–water partition coefficient (Wildman–Crippen LogP) is 3.00. The van der Waals surface area contributed by atoms with Gasteiger partial charge in [-0.1, -0.05) is 41.6 Å². The summed E-state index contributed by atoms with van der Waals surface area (Å²) in [6.07, 6.45) is 3.18. The predicted molar refractivity (Wildman–Crippen MR) is 132 cm³/mol. The molecule has 0 saturated carbocycles. The number of aromatic nitrogens is 3. The molecule has 2 aromatic heterocycles. The Kier molecular flexibility index (Phi) is 7.63. The molecule has 0 aliphatic rings. The molecule has 184 valence electrons. The fourth-order valence-corrected chi connectivity index (χ4v) is 3.45. The van der Waals surface area contributed by atoms with Crippen molar-refractivity contribution in [3.63, 3.8) is 0 Å². The molecule has 4 rings (SSSR count). The highest BCUT2D eigenvalue weighted by molar-refractivity contribution is 5.93. The summed E-state index contributed by atoms with van der Waals surface area (Å²) < 4.78 is 19.9. The molecule has 10 nitrogen and oxygen atoms in total. The fourth-order valence-electron chi connectivity index (χ4n) is 3.45. The average molecular weight is 490 g/mol. The lowest BCUT2D eigenvalue weighted by atomic mass is 10.1. The molecule has 4 aromatic rings. The van der Waals surface area contributed by atoms with E-state index in [1.54, 1.807) is 36.7 Å². The molecule has 0 saturated heterocycles. The Labute approximate surface area is 206 Å². The molecule has 0 unspecified atom stereocenters. The highest BCUT2D eigenvalue weighted by atomic mass is 19.1. The van der Waals surface area contributed by atoms with Crippen LogP contribution >= 0.6 is 0 Å². The number of pyridine rings is 1. The van der Waals surface area contributed by atoms with Crippen molar-refractivity contribution >= 4 is 23.1 Å². The normalized spacial score (nSPS) is 11.7. The molecule has 0 aliphatic heterocycles. The van der Waals surface area contributed by atoms with Crippen molar-refractivity contribution in [2.75, 3.05) is 11.6 Å². The molecule has 6 N–H and O–H groups in total. The van der Waals surface area contributed by atoms with Crippen LogP contribution in [-0.2, 0) is 11.3 Å². The number of hydrogen-bond donors (Lipinski definition) is 4. The van der Waals surface area contributed by atoms with Gasteiger partial charge >= 0.3 is 5.97 Å². The first-order valence-corrected chi connectivity index (χ1v) is 11.0. The van der Waals surface area contributed by atoms with Crippen LogP contribution in [-0.4, -0.2) is 32.7 Å². The Balaban J connectivity index is 1.61. The third-order valence-corrected chi connectivity index (χ3v) is 5.28. The van der Waals surface area contributed by atoms with Gasteiger partial charge in [-0.15, -0.1) is 0 Å². The minimum Gasteiger partial charge on any atom is -0.481 e. The van der Waals surface area contributed by atoms with Gasteiger partial charge in [0.05, 0.1) is 17.8 Å². The Morgan fingerprint density at radius 3 is 2.50 bits per heavy atom. The largest absolute Gasteiger partial charge is 0.481 e. The first-order valence-electron chi connectivity index (χ1n) is 11.0. The molecule has 2 aromatic carbocycles. The summed E-state index contributed by atoms with van der Waals surface area (Å²) in [6, 6.07) is 16.8. The number of nitrogens with one attached hydrogen (secondary N) is 1. The number of anilines is 1. The molecular weight excluding hydrogens is 465 g/mol. The third kappa shape index (κ3) is 5.71. The third-order valence-electron chi connectivity index (χ3n) is 5.28. The van der Waals surface area contributed by atoms with E-state index in [2.05, 4.69) is 20.4 Å². The van der Waals surface area contributed by atoms with Gasteiger partial charge in [-0.05, 0) is 29.8 Å². The van der Waals surface area contributed by atoms with Gasteiger partial charge < -0.3 is 20.7 Å². The van der Waals surface area contributed by atoms with E-state index in [-0.39, 0.29) is 29.4 Å². The molecule has 36 heavy (non-hydrogen) atoms. The van der Waals surface area contributed by atoms with Crippen molar-refractivity contribution in [3.05, 3.63) is 95.9 Å². The molecular formula is C25H24FN7O3. The van der Waals surface area contributed by atoms with Crippen LogP contribution in [0.5, 0.6) is 0 Å². The number of nitrogens with zero attached hydrogens (tertiary/aromatic N) is 4. The first kappa shape index (κ1) is 24.5. The number of hydrazine groups is 1. The number of para-hydroxylation sites is 1. The van der Waals surface area contributed by atoms with E-state index >= 15 is 0 Å². The molecule has 11 heteroatoms. The SMILES string of the molecule is N/C(=C(/c1ccncc1)N(N)c1ccccc1F)c1nc(-c2ccc(CNCCC(=O)O)cc2)no1. The standard InChI is InChI=1S/C25H24FN7O3/c26-19-3-1-2-4-20(19)33(28)23(17-9-12-29-13-10-17)22(27)25-31-24(32-36-25)18-7-5-16(6-8-18)15-30-14-11-21(34)35/h1-10,12-13,30H,11,14-15,27-28H2,(H,34,35)/b23-22-. The molecule has 0 bridgehead atoms. The van der Waals surface area contributed by atoms with Gasteiger partial charge in [-0.3, -0.25) is 14.8 Å². The first-order chi connectivity index (χ1) is 17.4. The van der Waals surface area contributed by atoms with E-state index in [9.17, 15) is 9.18 Å². The number of hydrogen-bond acceptors (Lipinski definition) is 9. The lowest BCUT2D eigenvalue weighted by Crippen LogP contribution is -2.32. The Bertz CT molecular complexity index is 1360. The molecule has 0 radical (unpaired) electrons. The maximum absolute atomic E-state index is 14.5. The van der Waals surface area contributed by atoms with Crippen molar-refractivity contribution in [2.45, 2.75) is 13.0 Å². The van der Waals surface area contributed by atoms with Crippen LogP contribution < -0.4 is 21.9 Å². The highest BCUT2D eigenvalue weighted by Gasteiger charge is 2.22. The quantitative estimate of drug-likeness (QED) is 0.148. The van der Waals surface area contributed by atoms with Gasteiger partial charge in [0.1, 0.15) is 11.5 Å². The number of carboxylic acids is 1. The number of carbonyl (C=O) groups is 1. The second-order valence-electron chi connectivity index (χ2n) is 7.76. The van der Waals surface area contributed by atoms with Gasteiger partial charge in [0.15, 0.2) is 0 Å². The summed E-state index contributed by atoms with van der Waals surface area (Å²) in [5, 5.41) is 16.9. The number of benzene rings is 2. The molecule has 0 spiro atoms. The highest BCUT2D eigenvalue weighted by Crippen LogP contribution is 2.30. The summed E-state index contributed by atoms with van der Waals surface area (Å²) in [4.78, 5) is 19.0. The second kappa shape index (κ2) is 11.2. The topological polar surface area (TPSA) is 156 Å². The van der Waals surface area contributed by atoms with Crippen LogP contribution in [0.1, 0.15) is 23.4 Å². The van der Waals surface area contributed by atoms with Gasteiger partial charge in [0.2, 0.25) is 5.82 Å². The van der Waals surface area contributed by atoms with E-state index in [0.717, 1.165) is 10.6 Å². The zero-order chi connectivity index (χ0) is 25.5. The number of aliphatic carboxylic acids is 1. The molecule has 0 aliphatic carbocycles. The van der Waals surface area contributed by atoms with E-state index < -0.39 is 11.8 Å². The summed E-state index contributed by atoms with van der Waals surface area (Å²) in [5.41, 5.74) is 9.10. The Hall–Kier alpha value is -4.61. The van der Waals surface area contributed by atoms with Gasteiger partial charge in [0, 0.05) is 36.6 Å². The van der Waals surface area contributed by atoms with Crippen LogP contribution in [0, 0.1) is 5.82 Å². The number of halogens is 1. The lowest BCUT2D eigenvalue weighted by Gasteiger charge is -2.23. The fraction of sp³-hybridized carbons (Fsp3) is 0.120. The number of nitrogens with two attached hydrogens (primary N) is 2. The summed E-state index contributed by atoms with van der Waals surface area (Å²) >= 11 is 0. The van der Waals surface area contributed by atoms with Crippen molar-refractivity contribution < 1.29 is 18.8 Å². The average Bonchev–Trinajstić information content (AvgIpc) is 3.38. The van der Waals surface area contributed by atoms with Crippen LogP contribution in [0.3, 0.4) is 0 Å². The van der Waals surface area contributed by atoms with Crippen molar-refractivity contribution in [3.8, 4) is 11.4 Å². The van der Waals surface area contributed by atoms with Crippen LogP contribution in [0.4, 0.5) is 10.1 Å². The maximum atomic E-state index is 14.5. The van der Waals surface area contributed by atoms with E-state index in [1.807, 2.05) is 24.3 Å². The maximum Gasteiger partial charge on any atom is 0.304 e. The number of rotatable bonds is 10. The molecule has 0 fully saturated rings. The van der Waals surface area contributed by atoms with Crippen molar-refractivity contribution in [2.24, 2.45) is 11.6 Å². The van der Waals surface area contributed by atoms with E-state index in [4.69, 9.17) is 21.2 Å². The van der Waals surface area contributed by atoms with E-state index in [0.29, 0.717) is 30.0 Å². The summed E-state index contributed by atoms with van der Waals surface area (Å²) in [5.74, 6) is 5.27. The Morgan fingerprint density at radius 2 is 1.81 bits per heavy atom. The van der Waals surface area contributed by atoms with E-state index in [1.165, 1.54) is 12.1 Å². The Morgan fingerprint density at radius 1 is 1.08 bits per heavy atom. The monoisotopic (exact) mass is 489 g/mol. The van der Waals surface area contributed by atoms with Gasteiger partial charge in [-0.2, -0.15) is 4.98 Å². The number of carboxylic acid groups (broad SMARTS) is 1. The lowest BCUT2D eigenvalue weighted by molar-refractivity contribution is -0.136. The van der Waals surface area contributed by atoms with Crippen LogP contribution in [0.2, 0.25) is 0 Å². The zero-order valence-electron chi connectivity index (χ0n) is 19.1. The summed E-state index contributed by atoms with van der Waals surface area (Å²) in [6.45, 7) is 0.903. The van der Waals surface area contributed by atoms with Gasteiger partial charge in [-0.25, -0.2) is 10.2 Å². The minimum atomic E-state index is -0.849. The van der Waals surface area contributed by atoms with Crippen LogP contribution in [0.25, 0.3) is 22.8 Å². The summed E-state index contributed by atoms with van der Waals surface area (Å²) in [7, 11) is 0. The zero-order valence-corrected chi connectivity index (χ0v) is 19.1. The molecule has 2 heterocycles. The molecule has 0 amide bonds. The van der Waals surface area contributed by atoms with Gasteiger partial charge in [0.25, 0.3) is 5.89 Å². The van der Waals surface area contributed by atoms with Crippen molar-refractivity contribution in [1.82, 2.24) is 20.4 Å². The minimum absolute atomic E-state index is 0.0167.